The van der Waals surface area contributed by atoms with Crippen LogP contribution in [-0.2, 0) is 41.3 Å². The second-order valence-electron chi connectivity index (χ2n) is 15.1. The number of ether oxygens (including phenoxy) is 6. The molecular formula is C52H53NO6S6. The maximum absolute atomic E-state index is 5.98. The van der Waals surface area contributed by atoms with Gasteiger partial charge in [0.15, 0.2) is 0 Å². The highest BCUT2D eigenvalue weighted by molar-refractivity contribution is 7.30. The predicted octanol–water partition coefficient (Wildman–Crippen LogP) is 14.7. The van der Waals surface area contributed by atoms with E-state index in [1.165, 1.54) is 86.0 Å². The van der Waals surface area contributed by atoms with E-state index in [0.29, 0.717) is 79.3 Å². The second kappa shape index (κ2) is 23.3. The Bertz CT molecular complexity index is 2780. The van der Waals surface area contributed by atoms with E-state index in [-0.39, 0.29) is 0 Å². The van der Waals surface area contributed by atoms with Crippen LogP contribution in [0, 0.1) is 0 Å². The van der Waals surface area contributed by atoms with Gasteiger partial charge >= 0.3 is 0 Å². The van der Waals surface area contributed by atoms with Crippen molar-refractivity contribution in [1.82, 2.24) is 4.57 Å². The summed E-state index contributed by atoms with van der Waals surface area (Å²) in [7, 11) is 0. The van der Waals surface area contributed by atoms with E-state index in [4.69, 9.17) is 28.4 Å². The predicted molar refractivity (Wildman–Crippen MR) is 279 cm³/mol. The number of thiophene rings is 6. The minimum Gasteiger partial charge on any atom is -0.379 e. The van der Waals surface area contributed by atoms with Gasteiger partial charge in [-0.1, -0.05) is 36.4 Å². The minimum absolute atomic E-state index is 0.573. The smallest absolute Gasteiger partial charge is 0.101 e. The zero-order valence-electron chi connectivity index (χ0n) is 36.7. The van der Waals surface area contributed by atoms with E-state index in [1.54, 1.807) is 0 Å². The molecule has 2 aromatic carbocycles. The van der Waals surface area contributed by atoms with Crippen LogP contribution in [0.25, 0.3) is 75.6 Å². The Hall–Kier alpha value is -3.80. The molecule has 0 saturated carbocycles. The van der Waals surface area contributed by atoms with Crippen molar-refractivity contribution in [2.75, 3.05) is 79.3 Å². The highest BCUT2D eigenvalue weighted by atomic mass is 32.1. The lowest BCUT2D eigenvalue weighted by molar-refractivity contribution is 0.0170. The van der Waals surface area contributed by atoms with Gasteiger partial charge in [0, 0.05) is 84.1 Å². The molecule has 7 heterocycles. The number of nitrogens with zero attached hydrogens (tertiary/aromatic N) is 1. The molecule has 0 radical (unpaired) electrons. The third-order valence-electron chi connectivity index (χ3n) is 10.8. The average molecular weight is 980 g/mol. The van der Waals surface area contributed by atoms with Crippen LogP contribution < -0.4 is 0 Å². The van der Waals surface area contributed by atoms with Gasteiger partial charge in [0.1, 0.15) is 5.00 Å². The first-order chi connectivity index (χ1) is 32.2. The van der Waals surface area contributed by atoms with Crippen LogP contribution in [0.2, 0.25) is 0 Å². The summed E-state index contributed by atoms with van der Waals surface area (Å²) in [4.78, 5) is 14.4. The highest BCUT2D eigenvalue weighted by Gasteiger charge is 2.18. The molecule has 7 aromatic heterocycles. The van der Waals surface area contributed by atoms with E-state index in [2.05, 4.69) is 120 Å². The summed E-state index contributed by atoms with van der Waals surface area (Å²) < 4.78 is 36.3. The molecule has 0 atom stereocenters. The maximum Gasteiger partial charge on any atom is 0.101 e. The van der Waals surface area contributed by atoms with Gasteiger partial charge in [0.25, 0.3) is 0 Å². The Morgan fingerprint density at radius 2 is 0.723 bits per heavy atom. The van der Waals surface area contributed by atoms with Crippen molar-refractivity contribution < 1.29 is 28.4 Å². The van der Waals surface area contributed by atoms with Crippen LogP contribution in [0.15, 0.2) is 115 Å². The van der Waals surface area contributed by atoms with E-state index < -0.39 is 0 Å². The summed E-state index contributed by atoms with van der Waals surface area (Å²) in [6, 6.07) is 42.6. The van der Waals surface area contributed by atoms with Crippen LogP contribution in [0.5, 0.6) is 0 Å². The lowest BCUT2D eigenvalue weighted by Crippen LogP contribution is -2.11. The number of aromatic nitrogens is 1. The van der Waals surface area contributed by atoms with Gasteiger partial charge in [-0.3, -0.25) is 0 Å². The number of benzene rings is 2. The molecule has 0 aliphatic rings. The summed E-state index contributed by atoms with van der Waals surface area (Å²) in [6.07, 6.45) is 1.71. The lowest BCUT2D eigenvalue weighted by atomic mass is 10.1. The van der Waals surface area contributed by atoms with Crippen LogP contribution >= 0.6 is 68.0 Å². The van der Waals surface area contributed by atoms with Gasteiger partial charge in [-0.15, -0.1) is 68.0 Å². The first-order valence-corrected chi connectivity index (χ1v) is 27.1. The molecule has 338 valence electrons. The number of hydrogen-bond donors (Lipinski definition) is 0. The van der Waals surface area contributed by atoms with Gasteiger partial charge in [-0.05, 0) is 105 Å². The van der Waals surface area contributed by atoms with E-state index in [9.17, 15) is 0 Å². The Kier molecular flexibility index (Phi) is 16.6. The average Bonchev–Trinajstić information content (AvgIpc) is 4.19. The van der Waals surface area contributed by atoms with Crippen molar-refractivity contribution in [3.05, 3.63) is 126 Å². The monoisotopic (exact) mass is 979 g/mol. The van der Waals surface area contributed by atoms with Gasteiger partial charge in [-0.25, -0.2) is 0 Å². The summed E-state index contributed by atoms with van der Waals surface area (Å²) in [5.41, 5.74) is 3.82. The first-order valence-electron chi connectivity index (χ1n) is 22.2. The molecule has 0 bridgehead atoms. The van der Waals surface area contributed by atoms with Crippen LogP contribution in [0.4, 0.5) is 0 Å². The Labute approximate surface area is 405 Å². The lowest BCUT2D eigenvalue weighted by Gasteiger charge is -2.08. The molecule has 0 unspecified atom stereocenters. The molecule has 9 aromatic rings. The summed E-state index contributed by atoms with van der Waals surface area (Å²) in [5, 5.41) is 3.82. The van der Waals surface area contributed by atoms with Crippen molar-refractivity contribution in [2.45, 2.75) is 26.7 Å². The largest absolute Gasteiger partial charge is 0.379 e. The molecule has 0 aliphatic heterocycles. The molecular weight excluding hydrogens is 927 g/mol. The zero-order valence-corrected chi connectivity index (χ0v) is 41.6. The molecule has 0 aliphatic carbocycles. The Balaban J connectivity index is 0.836. The van der Waals surface area contributed by atoms with Crippen LogP contribution in [0.1, 0.15) is 24.3 Å². The number of hydrogen-bond acceptors (Lipinski definition) is 12. The normalized spacial score (nSPS) is 11.8. The van der Waals surface area contributed by atoms with Crippen molar-refractivity contribution in [3.8, 4) is 53.8 Å². The second-order valence-corrected chi connectivity index (χ2v) is 21.6. The third kappa shape index (κ3) is 11.5. The van der Waals surface area contributed by atoms with E-state index in [1.807, 2.05) is 81.9 Å². The summed E-state index contributed by atoms with van der Waals surface area (Å²) in [6.45, 7) is 11.4. The van der Waals surface area contributed by atoms with Gasteiger partial charge in [0.2, 0.25) is 0 Å². The summed E-state index contributed by atoms with van der Waals surface area (Å²) in [5.74, 6) is 0. The van der Waals surface area contributed by atoms with E-state index in [0.717, 1.165) is 12.8 Å². The molecule has 0 spiro atoms. The maximum atomic E-state index is 5.98. The molecule has 0 N–H and O–H groups in total. The van der Waals surface area contributed by atoms with Gasteiger partial charge in [-0.2, -0.15) is 0 Å². The SMILES string of the molecule is CCOCCOCCOCCc1cc(-c2ccc(-c3ccc(-c4ccc(-c5ccc(-c6ccc(-n7c8ccccc8c8ccccc87)s6)s5)s4)s3)s2)sc1CCOCCOCCOCC. The van der Waals surface area contributed by atoms with Gasteiger partial charge in [0.05, 0.1) is 77.1 Å². The van der Waals surface area contributed by atoms with Gasteiger partial charge < -0.3 is 33.0 Å². The van der Waals surface area contributed by atoms with Crippen molar-refractivity contribution in [1.29, 1.82) is 0 Å². The third-order valence-corrected chi connectivity index (χ3v) is 18.4. The molecule has 0 fully saturated rings. The topological polar surface area (TPSA) is 60.3 Å². The van der Waals surface area contributed by atoms with Crippen LogP contribution in [0.3, 0.4) is 0 Å². The molecule has 0 saturated heterocycles. The Morgan fingerprint density at radius 3 is 1.18 bits per heavy atom. The first kappa shape index (κ1) is 46.3. The standard InChI is InChI=1S/C52H53NO6S6/c1-3-54-27-29-58-33-31-56-25-23-36-35-51(60-41(36)24-26-57-32-34-59-30-28-55-4-2)50-20-19-47(64-50)46-16-15-43(62-46)42-13-14-44(61-42)45-17-18-48(63-45)49-21-22-52(65-49)53-39-11-7-5-9-37(39)38-10-6-8-12-40(38)53/h5-22,35H,3-4,23-34H2,1-2H3. The van der Waals surface area contributed by atoms with Crippen molar-refractivity contribution in [3.63, 3.8) is 0 Å². The number of para-hydroxylation sites is 2. The van der Waals surface area contributed by atoms with Crippen LogP contribution in [-0.4, -0.2) is 83.8 Å². The fourth-order valence-electron chi connectivity index (χ4n) is 7.68. The molecule has 7 nitrogen and oxygen atoms in total. The molecule has 13 heteroatoms. The number of rotatable bonds is 26. The van der Waals surface area contributed by atoms with Crippen molar-refractivity contribution >= 4 is 89.8 Å². The summed E-state index contributed by atoms with van der Waals surface area (Å²) >= 11 is 11.2. The molecule has 9 rings (SSSR count). The van der Waals surface area contributed by atoms with E-state index >= 15 is 0 Å². The zero-order chi connectivity index (χ0) is 44.2. The fraction of sp³-hybridized carbons (Fsp3) is 0.308. The van der Waals surface area contributed by atoms with Crippen molar-refractivity contribution in [2.24, 2.45) is 0 Å². The highest BCUT2D eigenvalue weighted by Crippen LogP contribution is 2.47. The fourth-order valence-corrected chi connectivity index (χ4v) is 14.4. The molecule has 65 heavy (non-hydrogen) atoms. The number of fused-ring (bicyclic) bond motifs is 3. The Morgan fingerprint density at radius 1 is 0.354 bits per heavy atom. The quantitative estimate of drug-likeness (QED) is 0.0504. The minimum atomic E-state index is 0.573. The molecule has 0 amide bonds.